The van der Waals surface area contributed by atoms with E-state index in [9.17, 15) is 0 Å². The summed E-state index contributed by atoms with van der Waals surface area (Å²) in [5, 5.41) is 3.33. The smallest absolute Gasteiger partial charge is 0.112 e. The molecule has 2 saturated heterocycles. The molecule has 0 amide bonds. The molecule has 3 rings (SSSR count). The van der Waals surface area contributed by atoms with E-state index in [4.69, 9.17) is 5.73 Å². The van der Waals surface area contributed by atoms with Crippen LogP contribution in [0.4, 0.5) is 0 Å². The van der Waals surface area contributed by atoms with Gasteiger partial charge in [0.25, 0.3) is 0 Å². The van der Waals surface area contributed by atoms with Crippen LogP contribution in [0.3, 0.4) is 0 Å². The monoisotopic (exact) mass is 265 g/mol. The molecule has 0 aromatic carbocycles. The number of thiazole rings is 1. The van der Waals surface area contributed by atoms with Crippen molar-refractivity contribution in [3.8, 4) is 0 Å². The van der Waals surface area contributed by atoms with Crippen molar-refractivity contribution in [3.05, 3.63) is 16.6 Å². The number of fused-ring (bicyclic) bond motifs is 2. The molecule has 2 aliphatic heterocycles. The van der Waals surface area contributed by atoms with Crippen LogP contribution in [0.5, 0.6) is 0 Å². The summed E-state index contributed by atoms with van der Waals surface area (Å²) in [5.74, 6) is 0. The molecular weight excluding hydrogens is 242 g/mol. The highest BCUT2D eigenvalue weighted by Gasteiger charge is 2.45. The summed E-state index contributed by atoms with van der Waals surface area (Å²) in [7, 11) is 0. The molecule has 0 aliphatic carbocycles. The van der Waals surface area contributed by atoms with E-state index in [1.54, 1.807) is 11.3 Å². The molecular formula is C14H23N3S. The van der Waals surface area contributed by atoms with Crippen LogP contribution in [-0.4, -0.2) is 28.0 Å². The molecule has 1 aromatic rings. The molecule has 0 radical (unpaired) electrons. The van der Waals surface area contributed by atoms with Gasteiger partial charge in [-0.1, -0.05) is 6.42 Å². The first kappa shape index (κ1) is 12.6. The van der Waals surface area contributed by atoms with Crippen molar-refractivity contribution in [2.24, 2.45) is 5.73 Å². The van der Waals surface area contributed by atoms with Gasteiger partial charge in [0.2, 0.25) is 0 Å². The summed E-state index contributed by atoms with van der Waals surface area (Å²) < 4.78 is 0. The fourth-order valence-corrected chi connectivity index (χ4v) is 4.74. The van der Waals surface area contributed by atoms with Crippen molar-refractivity contribution >= 4 is 11.3 Å². The van der Waals surface area contributed by atoms with Gasteiger partial charge in [-0.2, -0.15) is 0 Å². The predicted molar refractivity (Wildman–Crippen MR) is 75.6 cm³/mol. The van der Waals surface area contributed by atoms with Gasteiger partial charge >= 0.3 is 0 Å². The molecule has 2 aliphatic rings. The van der Waals surface area contributed by atoms with E-state index in [-0.39, 0.29) is 5.54 Å². The lowest BCUT2D eigenvalue weighted by atomic mass is 9.78. The molecule has 2 fully saturated rings. The second-order valence-corrected chi connectivity index (χ2v) is 7.17. The number of piperidine rings is 2. The molecule has 100 valence electrons. The van der Waals surface area contributed by atoms with Gasteiger partial charge in [0.1, 0.15) is 5.01 Å². The first-order valence-electron chi connectivity index (χ1n) is 7.03. The van der Waals surface area contributed by atoms with Gasteiger partial charge in [0, 0.05) is 29.7 Å². The first-order valence-corrected chi connectivity index (χ1v) is 7.91. The molecule has 2 atom stereocenters. The molecule has 0 saturated carbocycles. The van der Waals surface area contributed by atoms with E-state index in [0.717, 1.165) is 12.8 Å². The van der Waals surface area contributed by atoms with Gasteiger partial charge in [-0.25, -0.2) is 4.98 Å². The molecule has 2 unspecified atom stereocenters. The minimum atomic E-state index is 0.0596. The van der Waals surface area contributed by atoms with E-state index >= 15 is 0 Å². The third-order valence-electron chi connectivity index (χ3n) is 4.61. The fourth-order valence-electron chi connectivity index (χ4n) is 3.97. The lowest BCUT2D eigenvalue weighted by molar-refractivity contribution is -0.0470. The molecule has 0 spiro atoms. The van der Waals surface area contributed by atoms with Crippen LogP contribution >= 0.6 is 11.3 Å². The zero-order chi connectivity index (χ0) is 12.8. The third kappa shape index (κ3) is 2.00. The Morgan fingerprint density at radius 3 is 2.56 bits per heavy atom. The normalized spacial score (nSPS) is 33.6. The number of hydrogen-bond acceptors (Lipinski definition) is 4. The lowest BCUT2D eigenvalue weighted by Gasteiger charge is -2.54. The Bertz CT molecular complexity index is 387. The van der Waals surface area contributed by atoms with Crippen molar-refractivity contribution < 1.29 is 0 Å². The van der Waals surface area contributed by atoms with Crippen molar-refractivity contribution in [2.75, 3.05) is 0 Å². The molecule has 3 heterocycles. The molecule has 3 nitrogen and oxygen atoms in total. The van der Waals surface area contributed by atoms with Crippen LogP contribution in [0.2, 0.25) is 0 Å². The largest absolute Gasteiger partial charge is 0.328 e. The Balaban J connectivity index is 1.91. The maximum absolute atomic E-state index is 6.21. The number of nitrogens with zero attached hydrogens (tertiary/aromatic N) is 2. The highest BCUT2D eigenvalue weighted by Crippen LogP contribution is 2.42. The summed E-state index contributed by atoms with van der Waals surface area (Å²) >= 11 is 1.78. The zero-order valence-electron chi connectivity index (χ0n) is 11.3. The Morgan fingerprint density at radius 2 is 2.00 bits per heavy atom. The van der Waals surface area contributed by atoms with Gasteiger partial charge < -0.3 is 5.73 Å². The maximum atomic E-state index is 6.21. The Labute approximate surface area is 113 Å². The maximum Gasteiger partial charge on any atom is 0.112 e. The Kier molecular flexibility index (Phi) is 3.20. The molecule has 2 N–H and O–H groups in total. The van der Waals surface area contributed by atoms with Crippen LogP contribution in [0.1, 0.15) is 51.0 Å². The highest BCUT2D eigenvalue weighted by atomic mass is 32.1. The van der Waals surface area contributed by atoms with Gasteiger partial charge in [-0.05, 0) is 39.5 Å². The van der Waals surface area contributed by atoms with E-state index in [1.165, 1.54) is 24.3 Å². The second kappa shape index (κ2) is 4.58. The number of rotatable bonds is 2. The SMILES string of the molecule is CC(C)(c1nccs1)N1C2CCCC1CC(N)C2. The summed E-state index contributed by atoms with van der Waals surface area (Å²) in [5.41, 5.74) is 6.27. The number of nitrogens with two attached hydrogens (primary N) is 1. The fraction of sp³-hybridized carbons (Fsp3) is 0.786. The van der Waals surface area contributed by atoms with Gasteiger partial charge in [0.05, 0.1) is 5.54 Å². The van der Waals surface area contributed by atoms with Gasteiger partial charge in [-0.3, -0.25) is 4.90 Å². The second-order valence-electron chi connectivity index (χ2n) is 6.27. The van der Waals surface area contributed by atoms with Gasteiger partial charge in [-0.15, -0.1) is 11.3 Å². The third-order valence-corrected chi connectivity index (χ3v) is 5.70. The van der Waals surface area contributed by atoms with Crippen LogP contribution in [0, 0.1) is 0 Å². The first-order chi connectivity index (χ1) is 8.59. The quantitative estimate of drug-likeness (QED) is 0.894. The van der Waals surface area contributed by atoms with Crippen molar-refractivity contribution in [1.29, 1.82) is 0 Å². The number of aromatic nitrogens is 1. The van der Waals surface area contributed by atoms with E-state index in [0.29, 0.717) is 18.1 Å². The molecule has 2 bridgehead atoms. The van der Waals surface area contributed by atoms with Crippen molar-refractivity contribution in [3.63, 3.8) is 0 Å². The molecule has 1 aromatic heterocycles. The average Bonchev–Trinajstić information content (AvgIpc) is 2.81. The van der Waals surface area contributed by atoms with Crippen LogP contribution in [0.15, 0.2) is 11.6 Å². The topological polar surface area (TPSA) is 42.2 Å². The van der Waals surface area contributed by atoms with Crippen molar-refractivity contribution in [1.82, 2.24) is 9.88 Å². The summed E-state index contributed by atoms with van der Waals surface area (Å²) in [6, 6.07) is 1.72. The Morgan fingerprint density at radius 1 is 1.33 bits per heavy atom. The van der Waals surface area contributed by atoms with Gasteiger partial charge in [0.15, 0.2) is 0 Å². The number of hydrogen-bond donors (Lipinski definition) is 1. The minimum Gasteiger partial charge on any atom is -0.328 e. The van der Waals surface area contributed by atoms with Crippen LogP contribution < -0.4 is 5.73 Å². The zero-order valence-corrected chi connectivity index (χ0v) is 12.1. The van der Waals surface area contributed by atoms with E-state index < -0.39 is 0 Å². The standard InChI is InChI=1S/C14H23N3S/c1-14(2,13-16-6-7-18-13)17-11-4-3-5-12(17)9-10(15)8-11/h6-7,10-12H,3-5,8-9,15H2,1-2H3. The summed E-state index contributed by atoms with van der Waals surface area (Å²) in [6.45, 7) is 4.65. The summed E-state index contributed by atoms with van der Waals surface area (Å²) in [4.78, 5) is 7.28. The molecule has 18 heavy (non-hydrogen) atoms. The van der Waals surface area contributed by atoms with Crippen LogP contribution in [0.25, 0.3) is 0 Å². The minimum absolute atomic E-state index is 0.0596. The average molecular weight is 265 g/mol. The predicted octanol–water partition coefficient (Wildman–Crippen LogP) is 2.72. The summed E-state index contributed by atoms with van der Waals surface area (Å²) in [6.07, 6.45) is 8.22. The van der Waals surface area contributed by atoms with E-state index in [1.807, 2.05) is 6.20 Å². The van der Waals surface area contributed by atoms with E-state index in [2.05, 4.69) is 29.1 Å². The van der Waals surface area contributed by atoms with Crippen LogP contribution in [-0.2, 0) is 5.54 Å². The highest BCUT2D eigenvalue weighted by molar-refractivity contribution is 7.09. The van der Waals surface area contributed by atoms with Crippen molar-refractivity contribution in [2.45, 2.75) is 69.6 Å². The lowest BCUT2D eigenvalue weighted by Crippen LogP contribution is -2.61. The molecule has 4 heteroatoms. The Hall–Kier alpha value is -0.450.